The third-order valence-corrected chi connectivity index (χ3v) is 3.02. The number of ether oxygens (including phenoxy) is 1. The van der Waals surface area contributed by atoms with Crippen molar-refractivity contribution in [2.45, 2.75) is 19.6 Å². The molecule has 1 aliphatic heterocycles. The molecule has 98 valence electrons. The normalized spacial score (nSPS) is 20.9. The Balaban J connectivity index is 2.16. The molecule has 5 heteroatoms. The van der Waals surface area contributed by atoms with E-state index in [0.717, 1.165) is 13.1 Å². The van der Waals surface area contributed by atoms with Gasteiger partial charge in [-0.3, -0.25) is 4.90 Å². The van der Waals surface area contributed by atoms with Gasteiger partial charge in [-0.2, -0.15) is 0 Å². The molecule has 0 spiro atoms. The highest BCUT2D eigenvalue weighted by molar-refractivity contribution is 5.89. The maximum atomic E-state index is 13.2. The number of aromatic carboxylic acids is 1. The Labute approximate surface area is 105 Å². The molecule has 0 bridgehead atoms. The lowest BCUT2D eigenvalue weighted by Crippen LogP contribution is -2.40. The van der Waals surface area contributed by atoms with Gasteiger partial charge in [-0.05, 0) is 30.7 Å². The summed E-state index contributed by atoms with van der Waals surface area (Å²) in [5.74, 6) is -1.43. The summed E-state index contributed by atoms with van der Waals surface area (Å²) < 4.78 is 18.6. The number of hydrogen-bond donors (Lipinski definition) is 1. The van der Waals surface area contributed by atoms with Crippen LogP contribution in [0.1, 0.15) is 22.8 Å². The Hall–Kier alpha value is -1.46. The molecular weight excluding hydrogens is 237 g/mol. The van der Waals surface area contributed by atoms with Crippen LogP contribution in [-0.4, -0.2) is 41.8 Å². The van der Waals surface area contributed by atoms with Gasteiger partial charge in [-0.1, -0.05) is 0 Å². The van der Waals surface area contributed by atoms with Gasteiger partial charge in [0.25, 0.3) is 0 Å². The Morgan fingerprint density at radius 2 is 2.39 bits per heavy atom. The lowest BCUT2D eigenvalue weighted by molar-refractivity contribution is -0.0213. The number of hydrogen-bond acceptors (Lipinski definition) is 3. The molecule has 0 saturated carbocycles. The Kier molecular flexibility index (Phi) is 3.93. The van der Waals surface area contributed by atoms with Crippen molar-refractivity contribution in [2.75, 3.05) is 19.7 Å². The minimum absolute atomic E-state index is 0.126. The second kappa shape index (κ2) is 5.46. The fraction of sp³-hybridized carbons (Fsp3) is 0.462. The third kappa shape index (κ3) is 3.05. The quantitative estimate of drug-likeness (QED) is 0.891. The summed E-state index contributed by atoms with van der Waals surface area (Å²) in [6, 6.07) is 3.79. The largest absolute Gasteiger partial charge is 0.478 e. The van der Waals surface area contributed by atoms with E-state index in [2.05, 4.69) is 4.90 Å². The molecule has 1 atom stereocenters. The molecule has 1 saturated heterocycles. The standard InChI is InChI=1S/C13H16FNO3/c1-9-7-15(4-5-18-9)8-10-6-11(14)2-3-12(10)13(16)17/h2-3,6,9H,4-5,7-8H2,1H3,(H,16,17). The van der Waals surface area contributed by atoms with Gasteiger partial charge in [-0.25, -0.2) is 9.18 Å². The van der Waals surface area contributed by atoms with E-state index in [9.17, 15) is 9.18 Å². The van der Waals surface area contributed by atoms with Crippen LogP contribution < -0.4 is 0 Å². The first kappa shape index (κ1) is 13.0. The highest BCUT2D eigenvalue weighted by atomic mass is 19.1. The Bertz CT molecular complexity index is 450. The Morgan fingerprint density at radius 1 is 1.61 bits per heavy atom. The van der Waals surface area contributed by atoms with E-state index in [1.807, 2.05) is 6.92 Å². The first-order chi connectivity index (χ1) is 8.56. The van der Waals surface area contributed by atoms with Crippen molar-refractivity contribution < 1.29 is 19.0 Å². The highest BCUT2D eigenvalue weighted by Gasteiger charge is 2.19. The average molecular weight is 253 g/mol. The van der Waals surface area contributed by atoms with Crippen molar-refractivity contribution in [1.82, 2.24) is 4.90 Å². The van der Waals surface area contributed by atoms with Crippen molar-refractivity contribution in [3.05, 3.63) is 35.1 Å². The predicted molar refractivity (Wildman–Crippen MR) is 64.1 cm³/mol. The average Bonchev–Trinajstić information content (AvgIpc) is 2.28. The topological polar surface area (TPSA) is 49.8 Å². The van der Waals surface area contributed by atoms with Crippen LogP contribution >= 0.6 is 0 Å². The summed E-state index contributed by atoms with van der Waals surface area (Å²) in [5.41, 5.74) is 0.673. The van der Waals surface area contributed by atoms with E-state index < -0.39 is 11.8 Å². The van der Waals surface area contributed by atoms with Crippen LogP contribution in [0.25, 0.3) is 0 Å². The van der Waals surface area contributed by atoms with Crippen LogP contribution in [0, 0.1) is 5.82 Å². The molecule has 4 nitrogen and oxygen atoms in total. The van der Waals surface area contributed by atoms with Gasteiger partial charge in [0.05, 0.1) is 18.3 Å². The number of benzene rings is 1. The van der Waals surface area contributed by atoms with E-state index in [1.165, 1.54) is 18.2 Å². The summed E-state index contributed by atoms with van der Waals surface area (Å²) in [4.78, 5) is 13.2. The Morgan fingerprint density at radius 3 is 3.06 bits per heavy atom. The number of morpholine rings is 1. The van der Waals surface area contributed by atoms with E-state index in [-0.39, 0.29) is 11.7 Å². The fourth-order valence-electron chi connectivity index (χ4n) is 2.18. The zero-order chi connectivity index (χ0) is 13.1. The van der Waals surface area contributed by atoms with E-state index in [0.29, 0.717) is 18.7 Å². The van der Waals surface area contributed by atoms with Crippen molar-refractivity contribution in [1.29, 1.82) is 0 Å². The van der Waals surface area contributed by atoms with E-state index in [1.54, 1.807) is 0 Å². The molecule has 1 aromatic rings. The molecule has 0 radical (unpaired) electrons. The van der Waals surface area contributed by atoms with Crippen molar-refractivity contribution >= 4 is 5.97 Å². The molecule has 2 rings (SSSR count). The first-order valence-electron chi connectivity index (χ1n) is 5.92. The summed E-state index contributed by atoms with van der Waals surface area (Å²) in [6.07, 6.45) is 0.126. The smallest absolute Gasteiger partial charge is 0.336 e. The number of carbonyl (C=O) groups is 1. The maximum Gasteiger partial charge on any atom is 0.336 e. The fourth-order valence-corrected chi connectivity index (χ4v) is 2.18. The second-order valence-corrected chi connectivity index (χ2v) is 4.52. The van der Waals surface area contributed by atoms with Gasteiger partial charge in [0, 0.05) is 19.6 Å². The molecule has 1 unspecified atom stereocenters. The molecule has 1 aliphatic rings. The number of rotatable bonds is 3. The SMILES string of the molecule is CC1CN(Cc2cc(F)ccc2C(=O)O)CCO1. The number of nitrogens with zero attached hydrogens (tertiary/aromatic N) is 1. The predicted octanol–water partition coefficient (Wildman–Crippen LogP) is 1.74. The molecule has 0 amide bonds. The van der Waals surface area contributed by atoms with Gasteiger partial charge >= 0.3 is 5.97 Å². The van der Waals surface area contributed by atoms with Crippen LogP contribution in [0.5, 0.6) is 0 Å². The molecule has 18 heavy (non-hydrogen) atoms. The van der Waals surface area contributed by atoms with E-state index in [4.69, 9.17) is 9.84 Å². The second-order valence-electron chi connectivity index (χ2n) is 4.52. The van der Waals surface area contributed by atoms with Gasteiger partial charge < -0.3 is 9.84 Å². The van der Waals surface area contributed by atoms with Crippen LogP contribution in [0.4, 0.5) is 4.39 Å². The van der Waals surface area contributed by atoms with Crippen molar-refractivity contribution in [2.24, 2.45) is 0 Å². The van der Waals surface area contributed by atoms with Gasteiger partial charge in [-0.15, -0.1) is 0 Å². The van der Waals surface area contributed by atoms with Crippen LogP contribution in [-0.2, 0) is 11.3 Å². The van der Waals surface area contributed by atoms with Gasteiger partial charge in [0.1, 0.15) is 5.82 Å². The maximum absolute atomic E-state index is 13.2. The van der Waals surface area contributed by atoms with E-state index >= 15 is 0 Å². The van der Waals surface area contributed by atoms with Crippen LogP contribution in [0.3, 0.4) is 0 Å². The minimum Gasteiger partial charge on any atom is -0.478 e. The number of carboxylic acid groups (broad SMARTS) is 1. The lowest BCUT2D eigenvalue weighted by atomic mass is 10.1. The van der Waals surface area contributed by atoms with Crippen molar-refractivity contribution in [3.8, 4) is 0 Å². The minimum atomic E-state index is -1.02. The zero-order valence-electron chi connectivity index (χ0n) is 10.2. The number of carboxylic acids is 1. The summed E-state index contributed by atoms with van der Waals surface area (Å²) in [6.45, 7) is 4.50. The van der Waals surface area contributed by atoms with Gasteiger partial charge in [0.15, 0.2) is 0 Å². The summed E-state index contributed by atoms with van der Waals surface area (Å²) in [5, 5.41) is 9.07. The third-order valence-electron chi connectivity index (χ3n) is 3.02. The van der Waals surface area contributed by atoms with Gasteiger partial charge in [0.2, 0.25) is 0 Å². The van der Waals surface area contributed by atoms with Crippen LogP contribution in [0.15, 0.2) is 18.2 Å². The molecule has 0 aromatic heterocycles. The lowest BCUT2D eigenvalue weighted by Gasteiger charge is -2.31. The summed E-state index contributed by atoms with van der Waals surface area (Å²) in [7, 11) is 0. The number of halogens is 1. The summed E-state index contributed by atoms with van der Waals surface area (Å²) >= 11 is 0. The highest BCUT2D eigenvalue weighted by Crippen LogP contribution is 2.16. The first-order valence-corrected chi connectivity index (χ1v) is 5.92. The molecule has 1 fully saturated rings. The van der Waals surface area contributed by atoms with Crippen molar-refractivity contribution in [3.63, 3.8) is 0 Å². The molecular formula is C13H16FNO3. The monoisotopic (exact) mass is 253 g/mol. The molecule has 1 N–H and O–H groups in total. The zero-order valence-corrected chi connectivity index (χ0v) is 10.2. The molecule has 1 aromatic carbocycles. The molecule has 0 aliphatic carbocycles. The van der Waals surface area contributed by atoms with Crippen LogP contribution in [0.2, 0.25) is 0 Å². The molecule has 1 heterocycles.